The molecule has 1 aliphatic rings. The van der Waals surface area contributed by atoms with Crippen LogP contribution < -0.4 is 5.32 Å². The second kappa shape index (κ2) is 9.97. The number of carboxylic acids is 1. The number of benzene rings is 1. The predicted molar refractivity (Wildman–Crippen MR) is 108 cm³/mol. The van der Waals surface area contributed by atoms with Gasteiger partial charge in [-0.25, -0.2) is 4.68 Å². The lowest BCUT2D eigenvalue weighted by Gasteiger charge is -2.34. The van der Waals surface area contributed by atoms with Gasteiger partial charge in [-0.2, -0.15) is 0 Å². The van der Waals surface area contributed by atoms with E-state index < -0.39 is 12.0 Å². The number of piperazine rings is 1. The first kappa shape index (κ1) is 21.4. The fourth-order valence-electron chi connectivity index (χ4n) is 3.32. The van der Waals surface area contributed by atoms with Crippen LogP contribution in [0.15, 0.2) is 36.7 Å². The van der Waals surface area contributed by atoms with E-state index >= 15 is 0 Å². The van der Waals surface area contributed by atoms with E-state index in [9.17, 15) is 14.4 Å². The fourth-order valence-corrected chi connectivity index (χ4v) is 3.32. The molecule has 2 N–H and O–H groups in total. The summed E-state index contributed by atoms with van der Waals surface area (Å²) >= 11 is 0. The van der Waals surface area contributed by atoms with Gasteiger partial charge in [0.15, 0.2) is 0 Å². The molecule has 10 nitrogen and oxygen atoms in total. The molecule has 0 saturated carbocycles. The SMILES string of the molecule is CN1CCN(C(=O)[C@H](CCCC(=O)O)NC(=O)c2ccc(-n3ccnn3)cc2)CC1. The number of hydrogen-bond donors (Lipinski definition) is 2. The summed E-state index contributed by atoms with van der Waals surface area (Å²) in [7, 11) is 2.00. The molecule has 0 spiro atoms. The van der Waals surface area contributed by atoms with Crippen LogP contribution in [0.5, 0.6) is 0 Å². The molecule has 160 valence electrons. The monoisotopic (exact) mass is 414 g/mol. The molecule has 1 aromatic carbocycles. The summed E-state index contributed by atoms with van der Waals surface area (Å²) in [6.45, 7) is 2.72. The Labute approximate surface area is 174 Å². The Balaban J connectivity index is 1.67. The normalized spacial score (nSPS) is 15.6. The van der Waals surface area contributed by atoms with E-state index in [1.54, 1.807) is 46.2 Å². The van der Waals surface area contributed by atoms with Gasteiger partial charge in [0.25, 0.3) is 5.91 Å². The smallest absolute Gasteiger partial charge is 0.303 e. The Morgan fingerprint density at radius 3 is 2.43 bits per heavy atom. The summed E-state index contributed by atoms with van der Waals surface area (Å²) < 4.78 is 1.58. The van der Waals surface area contributed by atoms with Crippen LogP contribution in [0, 0.1) is 0 Å². The molecule has 0 unspecified atom stereocenters. The Morgan fingerprint density at radius 2 is 1.83 bits per heavy atom. The van der Waals surface area contributed by atoms with Crippen LogP contribution in [0.4, 0.5) is 0 Å². The molecular formula is C20H26N6O4. The summed E-state index contributed by atoms with van der Waals surface area (Å²) in [5.41, 5.74) is 1.17. The topological polar surface area (TPSA) is 121 Å². The van der Waals surface area contributed by atoms with Gasteiger partial charge >= 0.3 is 5.97 Å². The van der Waals surface area contributed by atoms with Gasteiger partial charge in [0, 0.05) is 38.2 Å². The Morgan fingerprint density at radius 1 is 1.13 bits per heavy atom. The molecule has 0 radical (unpaired) electrons. The second-order valence-corrected chi connectivity index (χ2v) is 7.34. The Kier molecular flexibility index (Phi) is 7.12. The van der Waals surface area contributed by atoms with Crippen LogP contribution in [0.3, 0.4) is 0 Å². The average molecular weight is 414 g/mol. The molecule has 2 heterocycles. The van der Waals surface area contributed by atoms with Crippen molar-refractivity contribution in [3.05, 3.63) is 42.2 Å². The highest BCUT2D eigenvalue weighted by Gasteiger charge is 2.28. The van der Waals surface area contributed by atoms with E-state index in [0.717, 1.165) is 18.8 Å². The molecule has 2 aromatic rings. The van der Waals surface area contributed by atoms with Crippen molar-refractivity contribution >= 4 is 17.8 Å². The number of rotatable bonds is 8. The maximum Gasteiger partial charge on any atom is 0.303 e. The molecule has 0 bridgehead atoms. The molecule has 1 fully saturated rings. The zero-order valence-electron chi connectivity index (χ0n) is 16.9. The third-order valence-corrected chi connectivity index (χ3v) is 5.12. The van der Waals surface area contributed by atoms with Crippen LogP contribution in [0.2, 0.25) is 0 Å². The van der Waals surface area contributed by atoms with Gasteiger partial charge in [-0.3, -0.25) is 14.4 Å². The van der Waals surface area contributed by atoms with Crippen LogP contribution in [0.25, 0.3) is 5.69 Å². The van der Waals surface area contributed by atoms with Gasteiger partial charge in [0.1, 0.15) is 6.04 Å². The van der Waals surface area contributed by atoms with Gasteiger partial charge in [-0.05, 0) is 44.2 Å². The number of amides is 2. The first-order chi connectivity index (χ1) is 14.4. The summed E-state index contributed by atoms with van der Waals surface area (Å²) in [6.07, 6.45) is 3.80. The van der Waals surface area contributed by atoms with Crippen LogP contribution >= 0.6 is 0 Å². The molecular weight excluding hydrogens is 388 g/mol. The van der Waals surface area contributed by atoms with Crippen LogP contribution in [-0.2, 0) is 9.59 Å². The Bertz CT molecular complexity index is 860. The first-order valence-corrected chi connectivity index (χ1v) is 9.91. The second-order valence-electron chi connectivity index (χ2n) is 7.34. The summed E-state index contributed by atoms with van der Waals surface area (Å²) in [6, 6.07) is 6.04. The molecule has 2 amide bonds. The van der Waals surface area contributed by atoms with Crippen LogP contribution in [-0.4, -0.2) is 87.0 Å². The summed E-state index contributed by atoms with van der Waals surface area (Å²) in [5.74, 6) is -1.46. The van der Waals surface area contributed by atoms with Gasteiger partial charge in [0.2, 0.25) is 5.91 Å². The zero-order valence-corrected chi connectivity index (χ0v) is 16.9. The highest BCUT2D eigenvalue weighted by molar-refractivity contribution is 5.97. The predicted octanol–water partition coefficient (Wildman–Crippen LogP) is 0.395. The quantitative estimate of drug-likeness (QED) is 0.641. The molecule has 1 aromatic heterocycles. The number of hydrogen-bond acceptors (Lipinski definition) is 6. The van der Waals surface area contributed by atoms with E-state index in [4.69, 9.17) is 5.11 Å². The molecule has 30 heavy (non-hydrogen) atoms. The first-order valence-electron chi connectivity index (χ1n) is 9.91. The summed E-state index contributed by atoms with van der Waals surface area (Å²) in [4.78, 5) is 40.5. The lowest BCUT2D eigenvalue weighted by Crippen LogP contribution is -2.54. The van der Waals surface area contributed by atoms with E-state index in [1.807, 2.05) is 7.05 Å². The lowest BCUT2D eigenvalue weighted by molar-refractivity contribution is -0.138. The van der Waals surface area contributed by atoms with Crippen LogP contribution in [0.1, 0.15) is 29.6 Å². The van der Waals surface area contributed by atoms with E-state index in [0.29, 0.717) is 25.1 Å². The number of carbonyl (C=O) groups excluding carboxylic acids is 2. The fraction of sp³-hybridized carbons (Fsp3) is 0.450. The van der Waals surface area contributed by atoms with E-state index in [-0.39, 0.29) is 24.7 Å². The van der Waals surface area contributed by atoms with E-state index in [1.165, 1.54) is 0 Å². The van der Waals surface area contributed by atoms with Crippen molar-refractivity contribution in [3.8, 4) is 5.69 Å². The maximum atomic E-state index is 13.0. The largest absolute Gasteiger partial charge is 0.481 e. The zero-order chi connectivity index (χ0) is 21.5. The molecule has 10 heteroatoms. The maximum absolute atomic E-state index is 13.0. The molecule has 3 rings (SSSR count). The number of likely N-dealkylation sites (N-methyl/N-ethyl adjacent to an activating group) is 1. The number of aromatic nitrogens is 3. The molecule has 0 aliphatic carbocycles. The van der Waals surface area contributed by atoms with Crippen molar-refractivity contribution in [1.29, 1.82) is 0 Å². The average Bonchev–Trinajstić information content (AvgIpc) is 3.28. The van der Waals surface area contributed by atoms with Gasteiger partial charge in [-0.1, -0.05) is 5.21 Å². The Hall–Kier alpha value is -3.27. The van der Waals surface area contributed by atoms with Crippen molar-refractivity contribution in [2.45, 2.75) is 25.3 Å². The number of carboxylic acid groups (broad SMARTS) is 1. The minimum atomic E-state index is -0.921. The lowest BCUT2D eigenvalue weighted by atomic mass is 10.1. The van der Waals surface area contributed by atoms with E-state index in [2.05, 4.69) is 20.5 Å². The van der Waals surface area contributed by atoms with Crippen molar-refractivity contribution in [2.24, 2.45) is 0 Å². The molecule has 1 atom stereocenters. The van der Waals surface area contributed by atoms with Crippen molar-refractivity contribution in [1.82, 2.24) is 30.1 Å². The van der Waals surface area contributed by atoms with Gasteiger partial charge in [0.05, 0.1) is 18.1 Å². The van der Waals surface area contributed by atoms with Gasteiger partial charge in [-0.15, -0.1) is 5.10 Å². The number of aliphatic carboxylic acids is 1. The molecule has 1 saturated heterocycles. The highest BCUT2D eigenvalue weighted by Crippen LogP contribution is 2.12. The third kappa shape index (κ3) is 5.63. The highest BCUT2D eigenvalue weighted by atomic mass is 16.4. The van der Waals surface area contributed by atoms with Gasteiger partial charge < -0.3 is 20.2 Å². The third-order valence-electron chi connectivity index (χ3n) is 5.12. The standard InChI is InChI=1S/C20H26N6O4/c1-24-11-13-25(14-12-24)20(30)17(3-2-4-18(27)28)22-19(29)15-5-7-16(8-6-15)26-10-9-21-23-26/h5-10,17H,2-4,11-14H2,1H3,(H,22,29)(H,27,28)/t17-/m0/s1. The number of carbonyl (C=O) groups is 3. The molecule has 1 aliphatic heterocycles. The minimum absolute atomic E-state index is 0.0466. The minimum Gasteiger partial charge on any atom is -0.481 e. The summed E-state index contributed by atoms with van der Waals surface area (Å²) in [5, 5.41) is 19.4. The van der Waals surface area contributed by atoms with Crippen molar-refractivity contribution in [3.63, 3.8) is 0 Å². The number of nitrogens with zero attached hydrogens (tertiary/aromatic N) is 5. The van der Waals surface area contributed by atoms with Crippen molar-refractivity contribution in [2.75, 3.05) is 33.2 Å². The van der Waals surface area contributed by atoms with Crippen molar-refractivity contribution < 1.29 is 19.5 Å². The number of nitrogens with one attached hydrogen (secondary N) is 1.